The summed E-state index contributed by atoms with van der Waals surface area (Å²) in [4.78, 5) is 13.9. The molecule has 0 amide bonds. The van der Waals surface area contributed by atoms with Crippen LogP contribution in [-0.2, 0) is 9.53 Å². The van der Waals surface area contributed by atoms with Gasteiger partial charge in [0.2, 0.25) is 0 Å². The largest absolute Gasteiger partial charge is 0.462 e. The van der Waals surface area contributed by atoms with Crippen molar-refractivity contribution < 1.29 is 9.53 Å². The highest BCUT2D eigenvalue weighted by atomic mass is 16.5. The molecule has 1 rings (SSSR count). The highest BCUT2D eigenvalue weighted by Gasteiger charge is 2.29. The Morgan fingerprint density at radius 3 is 2.76 bits per heavy atom. The fraction of sp³-hybridized carbons (Fsp3) is 0.692. The first-order chi connectivity index (χ1) is 8.01. The van der Waals surface area contributed by atoms with E-state index in [4.69, 9.17) is 10.00 Å². The molecule has 4 heteroatoms. The maximum absolute atomic E-state index is 11.7. The monoisotopic (exact) mass is 236 g/mol. The van der Waals surface area contributed by atoms with Gasteiger partial charge in [-0.3, -0.25) is 0 Å². The molecule has 1 aliphatic heterocycles. The Balaban J connectivity index is 3.00. The van der Waals surface area contributed by atoms with Crippen LogP contribution in [0.25, 0.3) is 0 Å². The number of carbonyl (C=O) groups is 1. The Morgan fingerprint density at radius 1 is 1.59 bits per heavy atom. The van der Waals surface area contributed by atoms with Crippen molar-refractivity contribution in [2.45, 2.75) is 33.2 Å². The van der Waals surface area contributed by atoms with Gasteiger partial charge in [-0.15, -0.1) is 0 Å². The quantitative estimate of drug-likeness (QED) is 0.416. The van der Waals surface area contributed by atoms with E-state index in [-0.39, 0.29) is 11.5 Å². The van der Waals surface area contributed by atoms with E-state index in [1.54, 1.807) is 6.92 Å². The lowest BCUT2D eigenvalue weighted by Gasteiger charge is -2.36. The van der Waals surface area contributed by atoms with Gasteiger partial charge in [0.15, 0.2) is 0 Å². The van der Waals surface area contributed by atoms with Crippen LogP contribution in [0.1, 0.15) is 27.2 Å². The summed E-state index contributed by atoms with van der Waals surface area (Å²) in [6, 6.07) is 2.37. The van der Waals surface area contributed by atoms with Gasteiger partial charge in [0.25, 0.3) is 0 Å². The van der Waals surface area contributed by atoms with E-state index in [0.717, 1.165) is 18.5 Å². The van der Waals surface area contributed by atoms with Crippen LogP contribution in [0.4, 0.5) is 0 Å². The molecule has 0 aromatic heterocycles. The van der Waals surface area contributed by atoms with Crippen molar-refractivity contribution >= 4 is 5.97 Å². The number of esters is 1. The summed E-state index contributed by atoms with van der Waals surface area (Å²) in [5, 5.41) is 9.12. The Labute approximate surface area is 103 Å². The number of piperidine rings is 1. The Hall–Kier alpha value is -1.34. The summed E-state index contributed by atoms with van der Waals surface area (Å²) < 4.78 is 4.93. The standard InChI is InChI=1S/C13H20N2O2/c1-5-17-13(16)12(7-14)11-6-10(3)15(4)8-9(11)2/h9-10H,5-6,8H2,1-4H3/b12-11-. The van der Waals surface area contributed by atoms with E-state index in [1.807, 2.05) is 13.0 Å². The van der Waals surface area contributed by atoms with Gasteiger partial charge in [-0.2, -0.15) is 5.26 Å². The third kappa shape index (κ3) is 3.07. The number of carbonyl (C=O) groups excluding carboxylic acids is 1. The molecule has 0 bridgehead atoms. The summed E-state index contributed by atoms with van der Waals surface area (Å²) >= 11 is 0. The molecular weight excluding hydrogens is 216 g/mol. The number of nitrogens with zero attached hydrogens (tertiary/aromatic N) is 2. The van der Waals surface area contributed by atoms with E-state index >= 15 is 0 Å². The summed E-state index contributed by atoms with van der Waals surface area (Å²) in [5.74, 6) is -0.246. The van der Waals surface area contributed by atoms with Crippen molar-refractivity contribution in [1.29, 1.82) is 5.26 Å². The molecule has 0 spiro atoms. The minimum atomic E-state index is -0.478. The second-order valence-corrected chi connectivity index (χ2v) is 4.63. The second-order valence-electron chi connectivity index (χ2n) is 4.63. The summed E-state index contributed by atoms with van der Waals surface area (Å²) in [6.45, 7) is 7.08. The third-order valence-corrected chi connectivity index (χ3v) is 3.34. The Bertz CT molecular complexity index is 368. The maximum Gasteiger partial charge on any atom is 0.348 e. The summed E-state index contributed by atoms with van der Waals surface area (Å²) in [5.41, 5.74) is 1.15. The zero-order valence-electron chi connectivity index (χ0n) is 11.0. The number of likely N-dealkylation sites (tertiary alicyclic amines) is 1. The topological polar surface area (TPSA) is 53.3 Å². The fourth-order valence-electron chi connectivity index (χ4n) is 2.20. The highest BCUT2D eigenvalue weighted by Crippen LogP contribution is 2.28. The molecule has 0 radical (unpaired) electrons. The summed E-state index contributed by atoms with van der Waals surface area (Å²) in [7, 11) is 2.06. The van der Waals surface area contributed by atoms with Crippen molar-refractivity contribution in [3.8, 4) is 6.07 Å². The van der Waals surface area contributed by atoms with Crippen molar-refractivity contribution in [2.75, 3.05) is 20.2 Å². The number of ether oxygens (including phenoxy) is 1. The van der Waals surface area contributed by atoms with Gasteiger partial charge in [0.1, 0.15) is 11.6 Å². The lowest BCUT2D eigenvalue weighted by Crippen LogP contribution is -2.40. The van der Waals surface area contributed by atoms with Crippen LogP contribution < -0.4 is 0 Å². The fourth-order valence-corrected chi connectivity index (χ4v) is 2.20. The molecule has 0 aromatic carbocycles. The van der Waals surface area contributed by atoms with Crippen LogP contribution in [-0.4, -0.2) is 37.1 Å². The molecule has 2 atom stereocenters. The predicted octanol–water partition coefficient (Wildman–Crippen LogP) is 1.73. The van der Waals surface area contributed by atoms with Crippen LogP contribution in [0.15, 0.2) is 11.1 Å². The minimum Gasteiger partial charge on any atom is -0.462 e. The number of hydrogen-bond acceptors (Lipinski definition) is 4. The van der Waals surface area contributed by atoms with Gasteiger partial charge >= 0.3 is 5.97 Å². The van der Waals surface area contributed by atoms with E-state index in [1.165, 1.54) is 0 Å². The average Bonchev–Trinajstić information content (AvgIpc) is 2.26. The van der Waals surface area contributed by atoms with E-state index in [0.29, 0.717) is 12.6 Å². The molecule has 17 heavy (non-hydrogen) atoms. The van der Waals surface area contributed by atoms with E-state index < -0.39 is 5.97 Å². The zero-order chi connectivity index (χ0) is 13.0. The molecule has 1 heterocycles. The zero-order valence-corrected chi connectivity index (χ0v) is 11.0. The van der Waals surface area contributed by atoms with Crippen molar-refractivity contribution in [3.63, 3.8) is 0 Å². The molecule has 0 aliphatic carbocycles. The van der Waals surface area contributed by atoms with Gasteiger partial charge in [0, 0.05) is 12.6 Å². The predicted molar refractivity (Wildman–Crippen MR) is 65.1 cm³/mol. The molecule has 0 saturated carbocycles. The van der Waals surface area contributed by atoms with Gasteiger partial charge in [-0.05, 0) is 38.8 Å². The molecule has 1 saturated heterocycles. The first-order valence-electron chi connectivity index (χ1n) is 6.01. The van der Waals surface area contributed by atoms with Gasteiger partial charge in [-0.1, -0.05) is 6.92 Å². The summed E-state index contributed by atoms with van der Waals surface area (Å²) in [6.07, 6.45) is 0.763. The van der Waals surface area contributed by atoms with E-state index in [9.17, 15) is 4.79 Å². The van der Waals surface area contributed by atoms with Crippen LogP contribution in [0.2, 0.25) is 0 Å². The number of hydrogen-bond donors (Lipinski definition) is 0. The molecule has 1 aliphatic rings. The third-order valence-electron chi connectivity index (χ3n) is 3.34. The van der Waals surface area contributed by atoms with Crippen LogP contribution >= 0.6 is 0 Å². The first-order valence-corrected chi connectivity index (χ1v) is 6.01. The van der Waals surface area contributed by atoms with Crippen LogP contribution in [0, 0.1) is 17.2 Å². The normalized spacial score (nSPS) is 28.4. The van der Waals surface area contributed by atoms with Crippen molar-refractivity contribution in [2.24, 2.45) is 5.92 Å². The van der Waals surface area contributed by atoms with Gasteiger partial charge in [0.05, 0.1) is 6.61 Å². The van der Waals surface area contributed by atoms with Crippen LogP contribution in [0.5, 0.6) is 0 Å². The Kier molecular flexibility index (Phi) is 4.71. The van der Waals surface area contributed by atoms with Crippen LogP contribution in [0.3, 0.4) is 0 Å². The van der Waals surface area contributed by atoms with Gasteiger partial charge < -0.3 is 9.64 Å². The van der Waals surface area contributed by atoms with E-state index in [2.05, 4.69) is 18.9 Å². The first kappa shape index (κ1) is 13.7. The molecule has 94 valence electrons. The SMILES string of the molecule is CCOC(=O)/C(C#N)=C1/CC(C)N(C)CC1C. The average molecular weight is 236 g/mol. The molecule has 1 fully saturated rings. The number of nitriles is 1. The van der Waals surface area contributed by atoms with Gasteiger partial charge in [-0.25, -0.2) is 4.79 Å². The molecule has 4 nitrogen and oxygen atoms in total. The lowest BCUT2D eigenvalue weighted by atomic mass is 9.86. The molecular formula is C13H20N2O2. The molecule has 0 N–H and O–H groups in total. The maximum atomic E-state index is 11.7. The molecule has 0 aromatic rings. The number of rotatable bonds is 2. The minimum absolute atomic E-state index is 0.208. The Morgan fingerprint density at radius 2 is 2.24 bits per heavy atom. The van der Waals surface area contributed by atoms with Crippen molar-refractivity contribution in [1.82, 2.24) is 4.90 Å². The van der Waals surface area contributed by atoms with Crippen molar-refractivity contribution in [3.05, 3.63) is 11.1 Å². The smallest absolute Gasteiger partial charge is 0.348 e. The molecule has 2 unspecified atom stereocenters. The second kappa shape index (κ2) is 5.83. The highest BCUT2D eigenvalue weighted by molar-refractivity contribution is 5.93. The lowest BCUT2D eigenvalue weighted by molar-refractivity contribution is -0.138.